The minimum atomic E-state index is -1.18. The van der Waals surface area contributed by atoms with Crippen LogP contribution < -0.4 is 5.32 Å². The van der Waals surface area contributed by atoms with Crippen molar-refractivity contribution in [3.63, 3.8) is 0 Å². The Kier molecular flexibility index (Phi) is 8.26. The Bertz CT molecular complexity index is 824. The van der Waals surface area contributed by atoms with Crippen molar-refractivity contribution >= 4 is 11.6 Å². The van der Waals surface area contributed by atoms with Crippen molar-refractivity contribution in [3.8, 4) is 11.1 Å². The van der Waals surface area contributed by atoms with Crippen LogP contribution in [0.4, 0.5) is 0 Å². The van der Waals surface area contributed by atoms with Crippen molar-refractivity contribution in [1.29, 1.82) is 0 Å². The highest BCUT2D eigenvalue weighted by atomic mass is 35.5. The molecular weight excluding hydrogens is 400 g/mol. The first kappa shape index (κ1) is 23.2. The molecule has 2 heterocycles. The van der Waals surface area contributed by atoms with Gasteiger partial charge in [0.15, 0.2) is 0 Å². The number of nitrogens with one attached hydrogen (secondary N) is 1. The van der Waals surface area contributed by atoms with E-state index in [9.17, 15) is 5.11 Å². The summed E-state index contributed by atoms with van der Waals surface area (Å²) in [5.74, 6) is 0.391. The molecule has 164 valence electrons. The van der Waals surface area contributed by atoms with Crippen LogP contribution in [0.5, 0.6) is 0 Å². The Morgan fingerprint density at radius 1 is 1.33 bits per heavy atom. The van der Waals surface area contributed by atoms with E-state index in [0.29, 0.717) is 37.3 Å². The van der Waals surface area contributed by atoms with Gasteiger partial charge in [-0.25, -0.2) is 4.98 Å². The molecule has 0 saturated carbocycles. The number of rotatable bonds is 9. The summed E-state index contributed by atoms with van der Waals surface area (Å²) < 4.78 is 11.2. The van der Waals surface area contributed by atoms with E-state index in [1.807, 2.05) is 18.2 Å². The maximum absolute atomic E-state index is 12.1. The molecule has 2 aromatic rings. The second-order valence-electron chi connectivity index (χ2n) is 8.24. The monoisotopic (exact) mass is 432 g/mol. The van der Waals surface area contributed by atoms with Crippen LogP contribution in [-0.2, 0) is 15.1 Å². The van der Waals surface area contributed by atoms with E-state index in [-0.39, 0.29) is 6.10 Å². The third-order valence-corrected chi connectivity index (χ3v) is 6.12. The molecule has 30 heavy (non-hydrogen) atoms. The molecule has 0 radical (unpaired) electrons. The number of nitrogens with zero attached hydrogens (tertiary/aromatic N) is 1. The van der Waals surface area contributed by atoms with E-state index < -0.39 is 5.60 Å². The third-order valence-electron chi connectivity index (χ3n) is 5.83. The van der Waals surface area contributed by atoms with Gasteiger partial charge in [-0.3, -0.25) is 0 Å². The van der Waals surface area contributed by atoms with Crippen LogP contribution >= 0.6 is 11.6 Å². The lowest BCUT2D eigenvalue weighted by Gasteiger charge is -2.40. The molecule has 0 unspecified atom stereocenters. The van der Waals surface area contributed by atoms with E-state index in [1.54, 1.807) is 13.3 Å². The van der Waals surface area contributed by atoms with Crippen LogP contribution in [0.15, 0.2) is 36.5 Å². The number of pyridine rings is 1. The molecular formula is C24H33ClN2O3. The summed E-state index contributed by atoms with van der Waals surface area (Å²) in [5, 5.41) is 15.8. The van der Waals surface area contributed by atoms with Gasteiger partial charge in [0.25, 0.3) is 0 Å². The summed E-state index contributed by atoms with van der Waals surface area (Å²) in [6.07, 6.45) is 3.55. The van der Waals surface area contributed by atoms with Gasteiger partial charge in [-0.15, -0.1) is 0 Å². The average molecular weight is 433 g/mol. The zero-order valence-electron chi connectivity index (χ0n) is 18.2. The number of morpholine rings is 1. The van der Waals surface area contributed by atoms with E-state index in [4.69, 9.17) is 21.1 Å². The van der Waals surface area contributed by atoms with E-state index in [0.717, 1.165) is 36.1 Å². The molecule has 3 rings (SSSR count). The molecule has 0 spiro atoms. The van der Waals surface area contributed by atoms with Gasteiger partial charge in [0.05, 0.1) is 6.61 Å². The van der Waals surface area contributed by atoms with Crippen molar-refractivity contribution in [1.82, 2.24) is 10.3 Å². The zero-order chi connectivity index (χ0) is 21.6. The molecule has 2 atom stereocenters. The number of hydrogen-bond donors (Lipinski definition) is 2. The van der Waals surface area contributed by atoms with Crippen LogP contribution in [0.25, 0.3) is 11.1 Å². The lowest BCUT2D eigenvalue weighted by molar-refractivity contribution is -0.129. The van der Waals surface area contributed by atoms with Gasteiger partial charge in [-0.1, -0.05) is 49.7 Å². The number of methoxy groups -OCH3 is 1. The number of ether oxygens (including phenoxy) is 2. The Morgan fingerprint density at radius 2 is 2.17 bits per heavy atom. The van der Waals surface area contributed by atoms with Gasteiger partial charge in [0.2, 0.25) is 0 Å². The summed E-state index contributed by atoms with van der Waals surface area (Å²) in [6.45, 7) is 6.95. The number of unbranched alkanes of at least 4 members (excludes halogenated alkanes) is 1. The van der Waals surface area contributed by atoms with Crippen molar-refractivity contribution in [2.75, 3.05) is 33.4 Å². The fourth-order valence-corrected chi connectivity index (χ4v) is 4.37. The number of halogens is 1. The van der Waals surface area contributed by atoms with Gasteiger partial charge >= 0.3 is 0 Å². The van der Waals surface area contributed by atoms with Crippen molar-refractivity contribution < 1.29 is 14.6 Å². The molecule has 1 saturated heterocycles. The predicted molar refractivity (Wildman–Crippen MR) is 121 cm³/mol. The van der Waals surface area contributed by atoms with Crippen LogP contribution in [0.2, 0.25) is 5.15 Å². The second kappa shape index (κ2) is 10.7. The maximum atomic E-state index is 12.1. The van der Waals surface area contributed by atoms with E-state index >= 15 is 0 Å². The Morgan fingerprint density at radius 3 is 2.87 bits per heavy atom. The van der Waals surface area contributed by atoms with Gasteiger partial charge in [-0.05, 0) is 47.9 Å². The van der Waals surface area contributed by atoms with Gasteiger partial charge < -0.3 is 19.9 Å². The first-order chi connectivity index (χ1) is 14.5. The van der Waals surface area contributed by atoms with Crippen LogP contribution in [0, 0.1) is 0 Å². The smallest absolute Gasteiger partial charge is 0.137 e. The molecule has 1 aromatic heterocycles. The van der Waals surface area contributed by atoms with Crippen molar-refractivity contribution in [2.24, 2.45) is 0 Å². The highest BCUT2D eigenvalue weighted by Crippen LogP contribution is 2.42. The molecule has 1 aliphatic rings. The molecule has 0 amide bonds. The molecule has 0 aliphatic carbocycles. The molecule has 2 N–H and O–H groups in total. The largest absolute Gasteiger partial charge is 0.385 e. The Labute approximate surface area is 184 Å². The van der Waals surface area contributed by atoms with Gasteiger partial charge in [0, 0.05) is 38.6 Å². The molecule has 1 fully saturated rings. The SMILES string of the molecule is COCCCC[C@@](O)(c1ccnc(Cl)c1-c1cccc(C(C)C)c1)[C@H]1CNCCO1. The Balaban J connectivity index is 2.07. The van der Waals surface area contributed by atoms with Crippen LogP contribution in [0.3, 0.4) is 0 Å². The Hall–Kier alpha value is -1.50. The molecule has 1 aromatic carbocycles. The number of benzene rings is 1. The topological polar surface area (TPSA) is 63.6 Å². The highest BCUT2D eigenvalue weighted by Gasteiger charge is 2.42. The number of aliphatic hydroxyl groups is 1. The predicted octanol–water partition coefficient (Wildman–Crippen LogP) is 4.52. The second-order valence-corrected chi connectivity index (χ2v) is 8.60. The van der Waals surface area contributed by atoms with Crippen LogP contribution in [-0.4, -0.2) is 49.6 Å². The summed E-state index contributed by atoms with van der Waals surface area (Å²) >= 11 is 6.63. The number of aromatic nitrogens is 1. The lowest BCUT2D eigenvalue weighted by atomic mass is 9.79. The molecule has 5 nitrogen and oxygen atoms in total. The minimum absolute atomic E-state index is 0.362. The normalized spacial score (nSPS) is 19.1. The molecule has 1 aliphatic heterocycles. The fraction of sp³-hybridized carbons (Fsp3) is 0.542. The van der Waals surface area contributed by atoms with E-state index in [2.05, 4.69) is 36.3 Å². The van der Waals surface area contributed by atoms with Crippen molar-refractivity contribution in [3.05, 3.63) is 52.8 Å². The molecule has 6 heteroatoms. The fourth-order valence-electron chi connectivity index (χ4n) is 4.11. The third kappa shape index (κ3) is 5.21. The first-order valence-electron chi connectivity index (χ1n) is 10.8. The lowest BCUT2D eigenvalue weighted by Crippen LogP contribution is -2.51. The van der Waals surface area contributed by atoms with E-state index in [1.165, 1.54) is 5.56 Å². The van der Waals surface area contributed by atoms with Crippen molar-refractivity contribution in [2.45, 2.75) is 50.7 Å². The zero-order valence-corrected chi connectivity index (χ0v) is 18.9. The number of hydrogen-bond acceptors (Lipinski definition) is 5. The van der Waals surface area contributed by atoms with Gasteiger partial charge in [-0.2, -0.15) is 0 Å². The summed E-state index contributed by atoms with van der Waals surface area (Å²) in [7, 11) is 1.70. The summed E-state index contributed by atoms with van der Waals surface area (Å²) in [4.78, 5) is 4.34. The quantitative estimate of drug-likeness (QED) is 0.450. The highest BCUT2D eigenvalue weighted by molar-refractivity contribution is 6.32. The first-order valence-corrected chi connectivity index (χ1v) is 11.1. The average Bonchev–Trinajstić information content (AvgIpc) is 2.77. The standard InChI is InChI=1S/C24H33ClN2O3/c1-17(2)18-7-6-8-19(15-18)22-20(9-11-27-23(22)25)24(28,10-4-5-13-29-3)21-16-26-12-14-30-21/h6-9,11,15,17,21,26,28H,4-5,10,12-14,16H2,1-3H3/t21-,24-/m1/s1. The summed E-state index contributed by atoms with van der Waals surface area (Å²) in [5.41, 5.74) is 2.56. The maximum Gasteiger partial charge on any atom is 0.137 e. The summed E-state index contributed by atoms with van der Waals surface area (Å²) in [6, 6.07) is 10.2. The molecule has 0 bridgehead atoms. The van der Waals surface area contributed by atoms with Crippen LogP contribution in [0.1, 0.15) is 50.2 Å². The van der Waals surface area contributed by atoms with Gasteiger partial charge in [0.1, 0.15) is 16.9 Å². The minimum Gasteiger partial charge on any atom is -0.385 e.